The number of sulfone groups is 1. The third-order valence-corrected chi connectivity index (χ3v) is 4.28. The van der Waals surface area contributed by atoms with Crippen molar-refractivity contribution in [2.75, 3.05) is 23.4 Å². The van der Waals surface area contributed by atoms with Crippen LogP contribution in [-0.2, 0) is 14.6 Å². The molecule has 0 bridgehead atoms. The van der Waals surface area contributed by atoms with Crippen LogP contribution in [0.25, 0.3) is 0 Å². The summed E-state index contributed by atoms with van der Waals surface area (Å²) in [4.78, 5) is 12.0. The Morgan fingerprint density at radius 2 is 1.83 bits per heavy atom. The summed E-state index contributed by atoms with van der Waals surface area (Å²) in [5.41, 5.74) is 1.19. The lowest BCUT2D eigenvalue weighted by atomic mass is 10.2. The number of halogens is 1. The molecule has 0 atom stereocenters. The molecule has 0 heterocycles. The van der Waals surface area contributed by atoms with Crippen LogP contribution in [0.1, 0.15) is 5.56 Å². The third kappa shape index (κ3) is 4.53. The Hall–Kier alpha value is -2.41. The smallest absolute Gasteiger partial charge is 0.243 e. The van der Waals surface area contributed by atoms with Gasteiger partial charge in [0, 0.05) is 6.26 Å². The van der Waals surface area contributed by atoms with Crippen LogP contribution in [0, 0.1) is 12.7 Å². The normalized spacial score (nSPS) is 11.1. The minimum absolute atomic E-state index is 0.0369. The van der Waals surface area contributed by atoms with Gasteiger partial charge in [0.05, 0.1) is 22.8 Å². The first kappa shape index (κ1) is 17.0. The van der Waals surface area contributed by atoms with Crippen LogP contribution in [0.3, 0.4) is 0 Å². The van der Waals surface area contributed by atoms with Gasteiger partial charge in [-0.2, -0.15) is 0 Å². The Morgan fingerprint density at radius 3 is 2.48 bits per heavy atom. The fourth-order valence-corrected chi connectivity index (χ4v) is 2.87. The first-order chi connectivity index (χ1) is 10.8. The van der Waals surface area contributed by atoms with Crippen molar-refractivity contribution in [1.29, 1.82) is 0 Å². The van der Waals surface area contributed by atoms with Gasteiger partial charge in [0.1, 0.15) is 5.82 Å². The molecular formula is C16H17FN2O3S. The number of rotatable bonds is 5. The maximum absolute atomic E-state index is 13.7. The number of carbonyl (C=O) groups is 1. The summed E-state index contributed by atoms with van der Waals surface area (Å²) in [6.45, 7) is 1.58. The van der Waals surface area contributed by atoms with E-state index in [1.807, 2.05) is 0 Å². The molecule has 0 aliphatic heterocycles. The standard InChI is InChI=1S/C16H17FN2O3S/c1-11-7-8-13(12(17)9-11)18-10-16(20)19-14-5-3-4-6-15(14)23(2,21)22/h3-9,18H,10H2,1-2H3,(H,19,20). The monoisotopic (exact) mass is 336 g/mol. The molecule has 0 aliphatic carbocycles. The van der Waals surface area contributed by atoms with Crippen LogP contribution in [0.15, 0.2) is 47.4 Å². The second kappa shape index (κ2) is 6.78. The molecule has 7 heteroatoms. The van der Waals surface area contributed by atoms with Crippen molar-refractivity contribution < 1.29 is 17.6 Å². The van der Waals surface area contributed by atoms with E-state index in [1.165, 1.54) is 18.2 Å². The van der Waals surface area contributed by atoms with E-state index in [-0.39, 0.29) is 22.8 Å². The second-order valence-corrected chi connectivity index (χ2v) is 7.14. The molecule has 2 aromatic rings. The number of benzene rings is 2. The number of amides is 1. The Morgan fingerprint density at radius 1 is 1.13 bits per heavy atom. The number of hydrogen-bond donors (Lipinski definition) is 2. The van der Waals surface area contributed by atoms with Gasteiger partial charge in [-0.15, -0.1) is 0 Å². The zero-order valence-electron chi connectivity index (χ0n) is 12.8. The minimum Gasteiger partial charge on any atom is -0.374 e. The number of aryl methyl sites for hydroxylation is 1. The van der Waals surface area contributed by atoms with Crippen molar-refractivity contribution in [2.24, 2.45) is 0 Å². The second-order valence-electron chi connectivity index (χ2n) is 5.15. The Bertz CT molecular complexity index is 835. The molecule has 5 nitrogen and oxygen atoms in total. The summed E-state index contributed by atoms with van der Waals surface area (Å²) < 4.78 is 37.0. The van der Waals surface area contributed by atoms with E-state index < -0.39 is 21.6 Å². The van der Waals surface area contributed by atoms with Crippen LogP contribution >= 0.6 is 0 Å². The first-order valence-corrected chi connectivity index (χ1v) is 8.75. The van der Waals surface area contributed by atoms with Crippen molar-refractivity contribution >= 4 is 27.1 Å². The average molecular weight is 336 g/mol. The highest BCUT2D eigenvalue weighted by Gasteiger charge is 2.14. The topological polar surface area (TPSA) is 75.3 Å². The Kier molecular flexibility index (Phi) is 5.00. The van der Waals surface area contributed by atoms with Crippen LogP contribution in [0.2, 0.25) is 0 Å². The molecule has 0 unspecified atom stereocenters. The Labute approximate surface area is 134 Å². The quantitative estimate of drug-likeness (QED) is 0.880. The van der Waals surface area contributed by atoms with Gasteiger partial charge in [-0.05, 0) is 36.8 Å². The zero-order chi connectivity index (χ0) is 17.0. The molecule has 2 rings (SSSR count). The zero-order valence-corrected chi connectivity index (χ0v) is 13.6. The van der Waals surface area contributed by atoms with Gasteiger partial charge >= 0.3 is 0 Å². The van der Waals surface area contributed by atoms with E-state index in [0.717, 1.165) is 11.8 Å². The largest absolute Gasteiger partial charge is 0.374 e. The SMILES string of the molecule is Cc1ccc(NCC(=O)Nc2ccccc2S(C)(=O)=O)c(F)c1. The number of para-hydroxylation sites is 1. The molecule has 122 valence electrons. The molecule has 0 spiro atoms. The molecule has 0 fully saturated rings. The molecule has 2 N–H and O–H groups in total. The highest BCUT2D eigenvalue weighted by molar-refractivity contribution is 7.90. The van der Waals surface area contributed by atoms with Crippen LogP contribution in [0.5, 0.6) is 0 Å². The predicted octanol–water partition coefficient (Wildman–Crippen LogP) is 2.59. The maximum Gasteiger partial charge on any atom is 0.243 e. The van der Waals surface area contributed by atoms with E-state index in [0.29, 0.717) is 0 Å². The van der Waals surface area contributed by atoms with Crippen molar-refractivity contribution in [3.63, 3.8) is 0 Å². The molecular weight excluding hydrogens is 319 g/mol. The number of anilines is 2. The van der Waals surface area contributed by atoms with Gasteiger partial charge < -0.3 is 10.6 Å². The van der Waals surface area contributed by atoms with Crippen molar-refractivity contribution in [3.05, 3.63) is 53.8 Å². The summed E-state index contributed by atoms with van der Waals surface area (Å²) >= 11 is 0. The van der Waals surface area contributed by atoms with Crippen LogP contribution < -0.4 is 10.6 Å². The molecule has 23 heavy (non-hydrogen) atoms. The fraction of sp³-hybridized carbons (Fsp3) is 0.188. The van der Waals surface area contributed by atoms with Crippen LogP contribution in [-0.4, -0.2) is 27.1 Å². The summed E-state index contributed by atoms with van der Waals surface area (Å²) in [5.74, 6) is -0.921. The highest BCUT2D eigenvalue weighted by Crippen LogP contribution is 2.20. The van der Waals surface area contributed by atoms with Crippen molar-refractivity contribution in [2.45, 2.75) is 11.8 Å². The van der Waals surface area contributed by atoms with Gasteiger partial charge in [-0.1, -0.05) is 18.2 Å². The summed E-state index contributed by atoms with van der Waals surface area (Å²) in [6, 6.07) is 10.7. The van der Waals surface area contributed by atoms with E-state index in [1.54, 1.807) is 31.2 Å². The van der Waals surface area contributed by atoms with Gasteiger partial charge in [-0.25, -0.2) is 12.8 Å². The lowest BCUT2D eigenvalue weighted by Crippen LogP contribution is -2.23. The van der Waals surface area contributed by atoms with Crippen LogP contribution in [0.4, 0.5) is 15.8 Å². The van der Waals surface area contributed by atoms with E-state index >= 15 is 0 Å². The Balaban J connectivity index is 2.06. The third-order valence-electron chi connectivity index (χ3n) is 3.12. The summed E-state index contributed by atoms with van der Waals surface area (Å²) in [7, 11) is -3.45. The predicted molar refractivity (Wildman–Crippen MR) is 87.8 cm³/mol. The average Bonchev–Trinajstić information content (AvgIpc) is 2.46. The van der Waals surface area contributed by atoms with Gasteiger partial charge in [0.25, 0.3) is 0 Å². The minimum atomic E-state index is -3.45. The van der Waals surface area contributed by atoms with Gasteiger partial charge in [-0.3, -0.25) is 4.79 Å². The number of hydrogen-bond acceptors (Lipinski definition) is 4. The van der Waals surface area contributed by atoms with Crippen molar-refractivity contribution in [1.82, 2.24) is 0 Å². The molecule has 2 aromatic carbocycles. The summed E-state index contributed by atoms with van der Waals surface area (Å²) in [6.07, 6.45) is 1.07. The van der Waals surface area contributed by atoms with Gasteiger partial charge in [0.15, 0.2) is 9.84 Å². The van der Waals surface area contributed by atoms with E-state index in [9.17, 15) is 17.6 Å². The number of nitrogens with one attached hydrogen (secondary N) is 2. The van der Waals surface area contributed by atoms with Crippen molar-refractivity contribution in [3.8, 4) is 0 Å². The molecule has 0 radical (unpaired) electrons. The lowest BCUT2D eigenvalue weighted by molar-refractivity contribution is -0.114. The number of carbonyl (C=O) groups excluding carboxylic acids is 1. The molecule has 0 aliphatic rings. The molecule has 0 aromatic heterocycles. The lowest BCUT2D eigenvalue weighted by Gasteiger charge is -2.11. The van der Waals surface area contributed by atoms with E-state index in [4.69, 9.17) is 0 Å². The molecule has 0 saturated heterocycles. The van der Waals surface area contributed by atoms with Gasteiger partial charge in [0.2, 0.25) is 5.91 Å². The molecule has 0 saturated carbocycles. The molecule has 1 amide bonds. The van der Waals surface area contributed by atoms with E-state index in [2.05, 4.69) is 10.6 Å². The fourth-order valence-electron chi connectivity index (χ4n) is 2.03. The first-order valence-electron chi connectivity index (χ1n) is 6.86. The highest BCUT2D eigenvalue weighted by atomic mass is 32.2. The summed E-state index contributed by atoms with van der Waals surface area (Å²) in [5, 5.41) is 5.20. The maximum atomic E-state index is 13.7.